The molecule has 0 saturated heterocycles. The van der Waals surface area contributed by atoms with Crippen molar-refractivity contribution in [2.45, 2.75) is 13.8 Å². The number of amides is 1. The Morgan fingerprint density at radius 3 is 2.61 bits per heavy atom. The minimum atomic E-state index is -0.235. The van der Waals surface area contributed by atoms with Crippen LogP contribution in [0.5, 0.6) is 11.5 Å². The lowest BCUT2D eigenvalue weighted by atomic mass is 9.96. The molecule has 6 nitrogen and oxygen atoms in total. The van der Waals surface area contributed by atoms with Crippen LogP contribution in [-0.4, -0.2) is 25.1 Å². The van der Waals surface area contributed by atoms with E-state index in [1.165, 1.54) is 0 Å². The molecule has 36 heavy (non-hydrogen) atoms. The van der Waals surface area contributed by atoms with E-state index in [9.17, 15) is 4.79 Å². The Kier molecular flexibility index (Phi) is 6.17. The number of aryl methyl sites for hydroxylation is 1. The molecule has 0 saturated carbocycles. The highest BCUT2D eigenvalue weighted by atomic mass is 16.5. The first-order valence-electron chi connectivity index (χ1n) is 11.6. The molecule has 1 N–H and O–H groups in total. The molecular weight excluding hydrogens is 452 g/mol. The van der Waals surface area contributed by atoms with Crippen molar-refractivity contribution >= 4 is 39.0 Å². The lowest BCUT2D eigenvalue weighted by Crippen LogP contribution is -2.09. The van der Waals surface area contributed by atoms with Crippen LogP contribution in [-0.2, 0) is 4.79 Å². The number of furan rings is 1. The van der Waals surface area contributed by atoms with Crippen molar-refractivity contribution < 1.29 is 18.7 Å². The molecule has 0 unspecified atom stereocenters. The summed E-state index contributed by atoms with van der Waals surface area (Å²) in [4.78, 5) is 17.4. The van der Waals surface area contributed by atoms with Crippen LogP contribution in [0, 0.1) is 6.92 Å². The van der Waals surface area contributed by atoms with Gasteiger partial charge in [0, 0.05) is 45.3 Å². The molecule has 180 valence electrons. The standard InChI is InChI=1S/C30H26N2O4/c1-18(15-28(33)32-26-12-7-11-25-21(26)10-8-14-31-25)22-16-23-24(20-9-5-6-13-27(20)34-3)17-36-30(23)19(2)29(22)35-4/h5-17H,1-4H3,(H,32,33)/b18-15+. The van der Waals surface area contributed by atoms with Gasteiger partial charge in [0.05, 0.1) is 31.7 Å². The molecule has 3 aromatic carbocycles. The summed E-state index contributed by atoms with van der Waals surface area (Å²) >= 11 is 0. The Hall–Kier alpha value is -4.58. The van der Waals surface area contributed by atoms with Gasteiger partial charge in [0.15, 0.2) is 0 Å². The van der Waals surface area contributed by atoms with Crippen molar-refractivity contribution in [2.75, 3.05) is 19.5 Å². The number of rotatable bonds is 6. The van der Waals surface area contributed by atoms with E-state index in [4.69, 9.17) is 13.9 Å². The first-order chi connectivity index (χ1) is 17.5. The summed E-state index contributed by atoms with van der Waals surface area (Å²) in [6.07, 6.45) is 5.05. The van der Waals surface area contributed by atoms with Crippen molar-refractivity contribution in [3.8, 4) is 22.6 Å². The molecule has 2 aromatic heterocycles. The number of ether oxygens (including phenoxy) is 2. The molecule has 0 spiro atoms. The third-order valence-corrected chi connectivity index (χ3v) is 6.32. The summed E-state index contributed by atoms with van der Waals surface area (Å²) in [6, 6.07) is 19.3. The zero-order valence-corrected chi connectivity index (χ0v) is 20.6. The first-order valence-corrected chi connectivity index (χ1v) is 11.6. The molecule has 0 aliphatic rings. The van der Waals surface area contributed by atoms with Crippen LogP contribution in [0.15, 0.2) is 83.6 Å². The van der Waals surface area contributed by atoms with E-state index in [1.807, 2.05) is 74.5 Å². The quantitative estimate of drug-likeness (QED) is 0.266. The average Bonchev–Trinajstić information content (AvgIpc) is 3.33. The minimum Gasteiger partial charge on any atom is -0.496 e. The van der Waals surface area contributed by atoms with Gasteiger partial charge >= 0.3 is 0 Å². The lowest BCUT2D eigenvalue weighted by molar-refractivity contribution is -0.111. The van der Waals surface area contributed by atoms with Gasteiger partial charge in [-0.15, -0.1) is 0 Å². The summed E-state index contributed by atoms with van der Waals surface area (Å²) in [6.45, 7) is 3.85. The Labute approximate surface area is 209 Å². The molecule has 0 fully saturated rings. The van der Waals surface area contributed by atoms with Gasteiger partial charge in [-0.1, -0.05) is 24.3 Å². The van der Waals surface area contributed by atoms with Crippen LogP contribution in [0.2, 0.25) is 0 Å². The number of carbonyl (C=O) groups is 1. The summed E-state index contributed by atoms with van der Waals surface area (Å²) in [5, 5.41) is 4.79. The van der Waals surface area contributed by atoms with Gasteiger partial charge in [-0.3, -0.25) is 9.78 Å². The van der Waals surface area contributed by atoms with Crippen LogP contribution >= 0.6 is 0 Å². The molecular formula is C30H26N2O4. The Morgan fingerprint density at radius 2 is 1.81 bits per heavy atom. The van der Waals surface area contributed by atoms with E-state index < -0.39 is 0 Å². The van der Waals surface area contributed by atoms with Gasteiger partial charge in [0.2, 0.25) is 5.91 Å². The number of pyridine rings is 1. The number of allylic oxidation sites excluding steroid dienone is 1. The van der Waals surface area contributed by atoms with Gasteiger partial charge in [-0.2, -0.15) is 0 Å². The maximum Gasteiger partial charge on any atom is 0.248 e. The Morgan fingerprint density at radius 1 is 0.972 bits per heavy atom. The van der Waals surface area contributed by atoms with Gasteiger partial charge < -0.3 is 19.2 Å². The number of benzene rings is 3. The largest absolute Gasteiger partial charge is 0.496 e. The van der Waals surface area contributed by atoms with E-state index in [-0.39, 0.29) is 5.91 Å². The van der Waals surface area contributed by atoms with Crippen LogP contribution < -0.4 is 14.8 Å². The maximum absolute atomic E-state index is 13.0. The smallest absolute Gasteiger partial charge is 0.248 e. The fraction of sp³-hybridized carbons (Fsp3) is 0.133. The van der Waals surface area contributed by atoms with E-state index in [2.05, 4.69) is 10.3 Å². The Balaban J connectivity index is 1.57. The fourth-order valence-electron chi connectivity index (χ4n) is 4.60. The SMILES string of the molecule is COc1ccccc1-c1coc2c(C)c(OC)c(/C(C)=C/C(=O)Nc3cccc4ncccc34)cc12. The molecule has 6 heteroatoms. The number of methoxy groups -OCH3 is 2. The number of nitrogens with zero attached hydrogens (tertiary/aromatic N) is 1. The van der Waals surface area contributed by atoms with Gasteiger partial charge in [0.25, 0.3) is 0 Å². The highest BCUT2D eigenvalue weighted by Crippen LogP contribution is 2.42. The molecule has 0 bridgehead atoms. The maximum atomic E-state index is 13.0. The van der Waals surface area contributed by atoms with Crippen LogP contribution in [0.25, 0.3) is 38.6 Å². The zero-order chi connectivity index (χ0) is 25.2. The van der Waals surface area contributed by atoms with E-state index in [0.717, 1.165) is 55.4 Å². The number of hydrogen-bond acceptors (Lipinski definition) is 5. The lowest BCUT2D eigenvalue weighted by Gasteiger charge is -2.14. The number of hydrogen-bond donors (Lipinski definition) is 1. The predicted octanol–water partition coefficient (Wildman–Crippen LogP) is 7.02. The van der Waals surface area contributed by atoms with Crippen LogP contribution in [0.1, 0.15) is 18.1 Å². The van der Waals surface area contributed by atoms with Crippen LogP contribution in [0.4, 0.5) is 5.69 Å². The third kappa shape index (κ3) is 4.07. The number of nitrogens with one attached hydrogen (secondary N) is 1. The highest BCUT2D eigenvalue weighted by molar-refractivity contribution is 6.09. The van der Waals surface area contributed by atoms with E-state index >= 15 is 0 Å². The molecule has 0 aliphatic heterocycles. The average molecular weight is 479 g/mol. The molecule has 0 radical (unpaired) electrons. The second kappa shape index (κ2) is 9.58. The normalized spacial score (nSPS) is 11.6. The van der Waals surface area contributed by atoms with Crippen molar-refractivity contribution in [2.24, 2.45) is 0 Å². The molecule has 0 atom stereocenters. The summed E-state index contributed by atoms with van der Waals surface area (Å²) in [5.41, 5.74) is 6.54. The number of fused-ring (bicyclic) bond motifs is 2. The molecule has 5 aromatic rings. The number of para-hydroxylation sites is 1. The van der Waals surface area contributed by atoms with Crippen LogP contribution in [0.3, 0.4) is 0 Å². The third-order valence-electron chi connectivity index (χ3n) is 6.32. The summed E-state index contributed by atoms with van der Waals surface area (Å²) in [7, 11) is 3.27. The number of aromatic nitrogens is 1. The molecule has 5 rings (SSSR count). The minimum absolute atomic E-state index is 0.235. The van der Waals surface area contributed by atoms with Crippen molar-refractivity contribution in [1.82, 2.24) is 4.98 Å². The Bertz CT molecular complexity index is 1630. The van der Waals surface area contributed by atoms with E-state index in [1.54, 1.807) is 32.8 Å². The highest BCUT2D eigenvalue weighted by Gasteiger charge is 2.20. The molecule has 0 aliphatic carbocycles. The fourth-order valence-corrected chi connectivity index (χ4v) is 4.60. The summed E-state index contributed by atoms with van der Waals surface area (Å²) in [5.74, 6) is 1.19. The van der Waals surface area contributed by atoms with Gasteiger partial charge in [-0.25, -0.2) is 0 Å². The van der Waals surface area contributed by atoms with Crippen molar-refractivity contribution in [1.29, 1.82) is 0 Å². The first kappa shape index (κ1) is 23.2. The molecule has 1 amide bonds. The second-order valence-corrected chi connectivity index (χ2v) is 8.50. The topological polar surface area (TPSA) is 73.6 Å². The predicted molar refractivity (Wildman–Crippen MR) is 144 cm³/mol. The van der Waals surface area contributed by atoms with Gasteiger partial charge in [0.1, 0.15) is 17.1 Å². The zero-order valence-electron chi connectivity index (χ0n) is 20.6. The second-order valence-electron chi connectivity index (χ2n) is 8.50. The van der Waals surface area contributed by atoms with Gasteiger partial charge in [-0.05, 0) is 55.8 Å². The number of carbonyl (C=O) groups excluding carboxylic acids is 1. The summed E-state index contributed by atoms with van der Waals surface area (Å²) < 4.78 is 17.3. The van der Waals surface area contributed by atoms with E-state index in [0.29, 0.717) is 11.4 Å². The molecule has 2 heterocycles. The van der Waals surface area contributed by atoms with Crippen molar-refractivity contribution in [3.05, 3.63) is 90.3 Å². The number of anilines is 1. The van der Waals surface area contributed by atoms with Crippen molar-refractivity contribution in [3.63, 3.8) is 0 Å². The monoisotopic (exact) mass is 478 g/mol.